The Morgan fingerprint density at radius 2 is 1.26 bits per heavy atom. The third-order valence-corrected chi connectivity index (χ3v) is 5.45. The number of carbonyl (C=O) groups is 2. The summed E-state index contributed by atoms with van der Waals surface area (Å²) in [6.45, 7) is 0. The van der Waals surface area contributed by atoms with Crippen molar-refractivity contribution in [2.24, 2.45) is 0 Å². The second kappa shape index (κ2) is 9.80. The van der Waals surface area contributed by atoms with Gasteiger partial charge < -0.3 is 9.47 Å². The Labute approximate surface area is 179 Å². The van der Waals surface area contributed by atoms with E-state index >= 15 is 0 Å². The Bertz CT molecular complexity index is 859. The van der Waals surface area contributed by atoms with Crippen LogP contribution < -0.4 is 9.47 Å². The number of rotatable bonds is 6. The monoisotopic (exact) mass is 472 g/mol. The fraction of sp³-hybridized carbons (Fsp3) is 0.176. The summed E-state index contributed by atoms with van der Waals surface area (Å²) in [5, 5.41) is -0.608. The highest BCUT2D eigenvalue weighted by molar-refractivity contribution is 6.55. The van der Waals surface area contributed by atoms with Gasteiger partial charge in [0.1, 0.15) is 10.0 Å². The second-order valence-electron chi connectivity index (χ2n) is 5.13. The maximum Gasteiger partial charge on any atom is 0.311 e. The summed E-state index contributed by atoms with van der Waals surface area (Å²) in [6.07, 6.45) is -0.194. The van der Waals surface area contributed by atoms with Gasteiger partial charge in [0, 0.05) is 12.8 Å². The number of halogens is 6. The number of benzene rings is 2. The number of esters is 2. The second-order valence-corrected chi connectivity index (χ2v) is 7.02. The van der Waals surface area contributed by atoms with Crippen molar-refractivity contribution in [2.45, 2.75) is 19.3 Å². The quantitative estimate of drug-likeness (QED) is 0.201. The van der Waals surface area contributed by atoms with Crippen LogP contribution in [0.3, 0.4) is 0 Å². The van der Waals surface area contributed by atoms with Crippen molar-refractivity contribution in [3.63, 3.8) is 0 Å². The van der Waals surface area contributed by atoms with Crippen LogP contribution in [0.5, 0.6) is 11.5 Å². The van der Waals surface area contributed by atoms with Gasteiger partial charge >= 0.3 is 11.9 Å². The summed E-state index contributed by atoms with van der Waals surface area (Å²) in [6, 6.07) is 5.47. The van der Waals surface area contributed by atoms with E-state index in [9.17, 15) is 14.0 Å². The molecule has 2 rings (SSSR count). The van der Waals surface area contributed by atoms with E-state index in [-0.39, 0.29) is 55.9 Å². The molecule has 0 atom stereocenters. The van der Waals surface area contributed by atoms with Crippen LogP contribution >= 0.6 is 58.0 Å². The number of hydrogen-bond donors (Lipinski definition) is 0. The van der Waals surface area contributed by atoms with Crippen molar-refractivity contribution in [1.29, 1.82) is 0 Å². The maximum absolute atomic E-state index is 13.4. The molecule has 0 aliphatic heterocycles. The summed E-state index contributed by atoms with van der Waals surface area (Å²) in [4.78, 5) is 23.7. The first-order valence-corrected chi connectivity index (χ1v) is 9.28. The first kappa shape index (κ1) is 22.1. The Morgan fingerprint density at radius 1 is 0.778 bits per heavy atom. The molecular formula is C17H10Cl5FO4. The lowest BCUT2D eigenvalue weighted by Gasteiger charge is -2.12. The molecule has 0 amide bonds. The molecule has 0 radical (unpaired) electrons. The van der Waals surface area contributed by atoms with E-state index in [0.717, 1.165) is 6.07 Å². The van der Waals surface area contributed by atoms with Gasteiger partial charge in [0.2, 0.25) is 0 Å². The van der Waals surface area contributed by atoms with Gasteiger partial charge in [-0.15, -0.1) is 0 Å². The fourth-order valence-electron chi connectivity index (χ4n) is 1.92. The van der Waals surface area contributed by atoms with Gasteiger partial charge in [0.15, 0.2) is 17.3 Å². The Hall–Kier alpha value is -1.24. The summed E-state index contributed by atoms with van der Waals surface area (Å²) in [5.41, 5.74) is 0. The van der Waals surface area contributed by atoms with Crippen LogP contribution in [-0.4, -0.2) is 11.9 Å². The normalized spacial score (nSPS) is 10.6. The predicted molar refractivity (Wildman–Crippen MR) is 103 cm³/mol. The molecule has 0 saturated carbocycles. The van der Waals surface area contributed by atoms with Crippen LogP contribution in [-0.2, 0) is 9.59 Å². The molecule has 0 aromatic heterocycles. The molecule has 0 aliphatic carbocycles. The zero-order chi connectivity index (χ0) is 20.1. The lowest BCUT2D eigenvalue weighted by Crippen LogP contribution is -2.12. The molecule has 0 spiro atoms. The van der Waals surface area contributed by atoms with Crippen LogP contribution in [0.4, 0.5) is 4.39 Å². The molecule has 10 heteroatoms. The fourth-order valence-corrected chi connectivity index (χ4v) is 3.12. The summed E-state index contributed by atoms with van der Waals surface area (Å²) >= 11 is 29.5. The van der Waals surface area contributed by atoms with Gasteiger partial charge in [-0.3, -0.25) is 9.59 Å². The Kier molecular flexibility index (Phi) is 8.01. The van der Waals surface area contributed by atoms with Crippen LogP contribution in [0.25, 0.3) is 0 Å². The minimum Gasteiger partial charge on any atom is -0.423 e. The smallest absolute Gasteiger partial charge is 0.311 e. The number of carbonyl (C=O) groups excluding carboxylic acids is 2. The largest absolute Gasteiger partial charge is 0.423 e. The molecule has 2 aromatic rings. The van der Waals surface area contributed by atoms with Gasteiger partial charge in [0.25, 0.3) is 0 Å². The average molecular weight is 475 g/mol. The van der Waals surface area contributed by atoms with Crippen molar-refractivity contribution in [2.75, 3.05) is 0 Å². The predicted octanol–water partition coefficient (Wildman–Crippen LogP) is 6.77. The van der Waals surface area contributed by atoms with Crippen LogP contribution in [0.15, 0.2) is 24.3 Å². The molecule has 2 aromatic carbocycles. The molecule has 0 bridgehead atoms. The van der Waals surface area contributed by atoms with Crippen molar-refractivity contribution in [3.8, 4) is 11.5 Å². The third-order valence-electron chi connectivity index (χ3n) is 3.21. The molecule has 27 heavy (non-hydrogen) atoms. The highest BCUT2D eigenvalue weighted by atomic mass is 35.5. The lowest BCUT2D eigenvalue weighted by molar-refractivity contribution is -0.136. The van der Waals surface area contributed by atoms with Gasteiger partial charge in [0.05, 0.1) is 15.1 Å². The van der Waals surface area contributed by atoms with Gasteiger partial charge in [-0.2, -0.15) is 0 Å². The van der Waals surface area contributed by atoms with E-state index in [1.165, 1.54) is 18.2 Å². The summed E-state index contributed by atoms with van der Waals surface area (Å²) in [7, 11) is 0. The molecule has 0 fully saturated rings. The molecule has 0 unspecified atom stereocenters. The van der Waals surface area contributed by atoms with E-state index in [2.05, 4.69) is 0 Å². The Balaban J connectivity index is 1.90. The van der Waals surface area contributed by atoms with E-state index < -0.39 is 17.8 Å². The maximum atomic E-state index is 13.4. The first-order valence-electron chi connectivity index (χ1n) is 7.39. The molecule has 4 nitrogen and oxygen atoms in total. The summed E-state index contributed by atoms with van der Waals surface area (Å²) < 4.78 is 23.3. The van der Waals surface area contributed by atoms with Crippen LogP contribution in [0, 0.1) is 5.82 Å². The van der Waals surface area contributed by atoms with E-state index in [1.807, 2.05) is 0 Å². The van der Waals surface area contributed by atoms with Crippen molar-refractivity contribution < 1.29 is 23.5 Å². The minimum atomic E-state index is -0.730. The zero-order valence-electron chi connectivity index (χ0n) is 13.3. The lowest BCUT2D eigenvalue weighted by atomic mass is 10.2. The van der Waals surface area contributed by atoms with E-state index in [4.69, 9.17) is 67.5 Å². The highest BCUT2D eigenvalue weighted by Gasteiger charge is 2.22. The SMILES string of the molecule is O=C(CCCC(=O)Oc1c(Cl)c(Cl)c(Cl)c(Cl)c1Cl)Oc1ccccc1F. The minimum absolute atomic E-state index is 0.0657. The molecular weight excluding hydrogens is 464 g/mol. The average Bonchev–Trinajstić information content (AvgIpc) is 2.64. The third kappa shape index (κ3) is 5.62. The van der Waals surface area contributed by atoms with E-state index in [0.29, 0.717) is 0 Å². The van der Waals surface area contributed by atoms with Crippen molar-refractivity contribution >= 4 is 69.9 Å². The highest BCUT2D eigenvalue weighted by Crippen LogP contribution is 2.48. The zero-order valence-corrected chi connectivity index (χ0v) is 17.1. The van der Waals surface area contributed by atoms with Crippen molar-refractivity contribution in [1.82, 2.24) is 0 Å². The standard InChI is InChI=1S/C17H10Cl5FO4/c18-12-13(19)15(21)17(16(22)14(12)20)27-11(25)7-3-6-10(24)26-9-5-2-1-4-8(9)23/h1-2,4-5H,3,6-7H2. The van der Waals surface area contributed by atoms with Crippen molar-refractivity contribution in [3.05, 3.63) is 55.2 Å². The van der Waals surface area contributed by atoms with Gasteiger partial charge in [-0.25, -0.2) is 4.39 Å². The van der Waals surface area contributed by atoms with E-state index in [1.54, 1.807) is 0 Å². The van der Waals surface area contributed by atoms with Crippen LogP contribution in [0.1, 0.15) is 19.3 Å². The molecule has 0 heterocycles. The number of ether oxygens (including phenoxy) is 2. The molecule has 0 N–H and O–H groups in total. The van der Waals surface area contributed by atoms with Gasteiger partial charge in [-0.05, 0) is 18.6 Å². The Morgan fingerprint density at radius 3 is 1.81 bits per heavy atom. The molecule has 0 aliphatic rings. The molecule has 144 valence electrons. The van der Waals surface area contributed by atoms with Gasteiger partial charge in [-0.1, -0.05) is 70.1 Å². The summed E-state index contributed by atoms with van der Waals surface area (Å²) in [5.74, 6) is -2.50. The first-order chi connectivity index (χ1) is 12.7. The number of hydrogen-bond acceptors (Lipinski definition) is 4. The molecule has 0 saturated heterocycles. The van der Waals surface area contributed by atoms with Crippen LogP contribution in [0.2, 0.25) is 25.1 Å². The topological polar surface area (TPSA) is 52.6 Å². The number of para-hydroxylation sites is 1.